The number of amides is 2. The number of rotatable bonds is 4. The number of aliphatic carboxylic acids is 1. The zero-order valence-electron chi connectivity index (χ0n) is 12.0. The second-order valence-electron chi connectivity index (χ2n) is 5.93. The number of nitrogens with zero attached hydrogens (tertiary/aromatic N) is 1. The maximum absolute atomic E-state index is 12.5. The summed E-state index contributed by atoms with van der Waals surface area (Å²) in [6.07, 6.45) is 6.53. The van der Waals surface area contributed by atoms with Crippen molar-refractivity contribution >= 4 is 17.8 Å². The average molecular weight is 294 g/mol. The lowest BCUT2D eigenvalue weighted by Crippen LogP contribution is -2.45. The quantitative estimate of drug-likeness (QED) is 0.748. The number of likely N-dealkylation sites (tertiary alicyclic amines) is 1. The van der Waals surface area contributed by atoms with Gasteiger partial charge in [-0.3, -0.25) is 14.4 Å². The minimum atomic E-state index is -0.902. The molecule has 1 heterocycles. The number of primary amides is 1. The Bertz CT molecular complexity index is 453. The summed E-state index contributed by atoms with van der Waals surface area (Å²) in [5, 5.41) is 9.24. The molecular weight excluding hydrogens is 272 g/mol. The van der Waals surface area contributed by atoms with E-state index in [1.807, 2.05) is 12.2 Å². The number of carboxylic acids is 1. The molecule has 6 nitrogen and oxygen atoms in total. The monoisotopic (exact) mass is 294 g/mol. The summed E-state index contributed by atoms with van der Waals surface area (Å²) in [7, 11) is 0. The third-order valence-corrected chi connectivity index (χ3v) is 4.48. The van der Waals surface area contributed by atoms with E-state index in [1.165, 1.54) is 0 Å². The van der Waals surface area contributed by atoms with Crippen molar-refractivity contribution in [3.05, 3.63) is 12.2 Å². The Morgan fingerprint density at radius 2 is 1.67 bits per heavy atom. The first-order chi connectivity index (χ1) is 9.99. The fourth-order valence-corrected chi connectivity index (χ4v) is 3.24. The van der Waals surface area contributed by atoms with Crippen molar-refractivity contribution in [2.75, 3.05) is 13.1 Å². The van der Waals surface area contributed by atoms with E-state index in [2.05, 4.69) is 0 Å². The highest BCUT2D eigenvalue weighted by atomic mass is 16.4. The molecule has 1 aliphatic carbocycles. The first-order valence-corrected chi connectivity index (χ1v) is 7.44. The Labute approximate surface area is 124 Å². The Balaban J connectivity index is 1.93. The Hall–Kier alpha value is -1.85. The highest BCUT2D eigenvalue weighted by Crippen LogP contribution is 2.29. The molecule has 0 aromatic heterocycles. The lowest BCUT2D eigenvalue weighted by Gasteiger charge is -2.35. The molecule has 0 bridgehead atoms. The van der Waals surface area contributed by atoms with Gasteiger partial charge in [0.05, 0.1) is 11.8 Å². The van der Waals surface area contributed by atoms with Crippen LogP contribution >= 0.6 is 0 Å². The van der Waals surface area contributed by atoms with Crippen LogP contribution in [0.25, 0.3) is 0 Å². The second kappa shape index (κ2) is 6.74. The van der Waals surface area contributed by atoms with Gasteiger partial charge in [0.2, 0.25) is 11.8 Å². The zero-order valence-corrected chi connectivity index (χ0v) is 12.0. The maximum Gasteiger partial charge on any atom is 0.307 e. The third-order valence-electron chi connectivity index (χ3n) is 4.48. The van der Waals surface area contributed by atoms with Crippen LogP contribution in [0.1, 0.15) is 32.1 Å². The summed E-state index contributed by atoms with van der Waals surface area (Å²) >= 11 is 0. The van der Waals surface area contributed by atoms with E-state index in [-0.39, 0.29) is 17.7 Å². The fraction of sp³-hybridized carbons (Fsp3) is 0.667. The highest BCUT2D eigenvalue weighted by molar-refractivity contribution is 5.85. The predicted octanol–water partition coefficient (Wildman–Crippen LogP) is 0.767. The van der Waals surface area contributed by atoms with Crippen LogP contribution in [0.4, 0.5) is 0 Å². The van der Waals surface area contributed by atoms with Crippen molar-refractivity contribution in [2.24, 2.45) is 23.5 Å². The number of carbonyl (C=O) groups is 3. The minimum Gasteiger partial charge on any atom is -0.481 e. The molecule has 116 valence electrons. The molecule has 1 fully saturated rings. The molecule has 2 amide bonds. The lowest BCUT2D eigenvalue weighted by molar-refractivity contribution is -0.151. The highest BCUT2D eigenvalue weighted by Gasteiger charge is 2.37. The number of hydrogen-bond acceptors (Lipinski definition) is 3. The van der Waals surface area contributed by atoms with Crippen LogP contribution < -0.4 is 5.73 Å². The van der Waals surface area contributed by atoms with Crippen molar-refractivity contribution in [3.63, 3.8) is 0 Å². The van der Waals surface area contributed by atoms with Crippen molar-refractivity contribution in [3.8, 4) is 0 Å². The molecule has 2 aliphatic rings. The smallest absolute Gasteiger partial charge is 0.307 e. The summed E-state index contributed by atoms with van der Waals surface area (Å²) in [6.45, 7) is 1.17. The van der Waals surface area contributed by atoms with Gasteiger partial charge in [0.1, 0.15) is 0 Å². The van der Waals surface area contributed by atoms with E-state index < -0.39 is 17.8 Å². The first kappa shape index (κ1) is 15.5. The van der Waals surface area contributed by atoms with Gasteiger partial charge in [-0.15, -0.1) is 0 Å². The topological polar surface area (TPSA) is 101 Å². The molecule has 6 heteroatoms. The molecule has 21 heavy (non-hydrogen) atoms. The molecule has 0 aromatic rings. The molecule has 1 aliphatic heterocycles. The third kappa shape index (κ3) is 3.83. The molecule has 0 saturated carbocycles. The zero-order chi connectivity index (χ0) is 15.4. The van der Waals surface area contributed by atoms with Crippen LogP contribution in [0.2, 0.25) is 0 Å². The summed E-state index contributed by atoms with van der Waals surface area (Å²) in [5.41, 5.74) is 5.19. The van der Waals surface area contributed by atoms with E-state index in [9.17, 15) is 19.5 Å². The van der Waals surface area contributed by atoms with Gasteiger partial charge in [-0.2, -0.15) is 0 Å². The van der Waals surface area contributed by atoms with Gasteiger partial charge < -0.3 is 15.7 Å². The van der Waals surface area contributed by atoms with Gasteiger partial charge in [0, 0.05) is 19.5 Å². The van der Waals surface area contributed by atoms with Crippen LogP contribution in [0.3, 0.4) is 0 Å². The van der Waals surface area contributed by atoms with Gasteiger partial charge in [0.15, 0.2) is 0 Å². The van der Waals surface area contributed by atoms with Crippen molar-refractivity contribution < 1.29 is 19.5 Å². The molecule has 0 radical (unpaired) electrons. The standard InChI is InChI=1S/C15H22N2O4/c16-13(18)9-10-5-7-17(8-6-10)14(19)11-3-1-2-4-12(11)15(20)21/h1-2,10-12H,3-9H2,(H2,16,18)(H,20,21). The number of carbonyl (C=O) groups excluding carboxylic acids is 2. The lowest BCUT2D eigenvalue weighted by atomic mass is 9.81. The van der Waals surface area contributed by atoms with Crippen LogP contribution in [0.5, 0.6) is 0 Å². The summed E-state index contributed by atoms with van der Waals surface area (Å²) in [6, 6.07) is 0. The van der Waals surface area contributed by atoms with Gasteiger partial charge in [0.25, 0.3) is 0 Å². The van der Waals surface area contributed by atoms with Gasteiger partial charge in [-0.1, -0.05) is 12.2 Å². The van der Waals surface area contributed by atoms with Gasteiger partial charge in [-0.05, 0) is 31.6 Å². The predicted molar refractivity (Wildman–Crippen MR) is 76.1 cm³/mol. The van der Waals surface area contributed by atoms with Crippen molar-refractivity contribution in [1.82, 2.24) is 4.90 Å². The normalized spacial score (nSPS) is 26.6. The van der Waals surface area contributed by atoms with Gasteiger partial charge in [-0.25, -0.2) is 0 Å². The largest absolute Gasteiger partial charge is 0.481 e. The molecule has 1 saturated heterocycles. The molecule has 2 rings (SSSR count). The number of piperidine rings is 1. The Morgan fingerprint density at radius 1 is 1.10 bits per heavy atom. The van der Waals surface area contributed by atoms with Crippen molar-refractivity contribution in [1.29, 1.82) is 0 Å². The second-order valence-corrected chi connectivity index (χ2v) is 5.93. The average Bonchev–Trinajstić information content (AvgIpc) is 2.46. The van der Waals surface area contributed by atoms with E-state index in [4.69, 9.17) is 5.73 Å². The summed E-state index contributed by atoms with van der Waals surface area (Å²) < 4.78 is 0. The molecule has 3 N–H and O–H groups in total. The maximum atomic E-state index is 12.5. The van der Waals surface area contributed by atoms with E-state index in [0.29, 0.717) is 32.4 Å². The Morgan fingerprint density at radius 3 is 2.19 bits per heavy atom. The number of allylic oxidation sites excluding steroid dienone is 2. The van der Waals surface area contributed by atoms with Crippen LogP contribution in [-0.2, 0) is 14.4 Å². The SMILES string of the molecule is NC(=O)CC1CCN(C(=O)C2CC=CCC2C(=O)O)CC1. The molecular formula is C15H22N2O4. The van der Waals surface area contributed by atoms with E-state index in [1.54, 1.807) is 4.90 Å². The number of hydrogen-bond donors (Lipinski definition) is 2. The molecule has 0 spiro atoms. The molecule has 2 unspecified atom stereocenters. The minimum absolute atomic E-state index is 0.0655. The summed E-state index contributed by atoms with van der Waals surface area (Å²) in [5.74, 6) is -2.10. The fourth-order valence-electron chi connectivity index (χ4n) is 3.24. The molecule has 0 aromatic carbocycles. The van der Waals surface area contributed by atoms with Crippen LogP contribution in [0, 0.1) is 17.8 Å². The van der Waals surface area contributed by atoms with Crippen LogP contribution in [-0.4, -0.2) is 40.9 Å². The summed E-state index contributed by atoms with van der Waals surface area (Å²) in [4.78, 5) is 36.5. The van der Waals surface area contributed by atoms with E-state index in [0.717, 1.165) is 12.8 Å². The van der Waals surface area contributed by atoms with Crippen LogP contribution in [0.15, 0.2) is 12.2 Å². The van der Waals surface area contributed by atoms with Gasteiger partial charge >= 0.3 is 5.97 Å². The number of carboxylic acid groups (broad SMARTS) is 1. The van der Waals surface area contributed by atoms with Crippen molar-refractivity contribution in [2.45, 2.75) is 32.1 Å². The van der Waals surface area contributed by atoms with E-state index >= 15 is 0 Å². The Kier molecular flexibility index (Phi) is 4.98. The number of nitrogens with two attached hydrogens (primary N) is 1. The first-order valence-electron chi connectivity index (χ1n) is 7.44. The molecule has 2 atom stereocenters.